The zero-order valence-corrected chi connectivity index (χ0v) is 24.9. The largest absolute Gasteiger partial charge is 0.495 e. The van der Waals surface area contributed by atoms with Gasteiger partial charge in [-0.15, -0.1) is 0 Å². The number of ether oxygens (including phenoxy) is 2. The molecule has 1 amide bonds. The van der Waals surface area contributed by atoms with E-state index < -0.39 is 23.1 Å². The van der Waals surface area contributed by atoms with Crippen LogP contribution in [0.5, 0.6) is 5.75 Å². The molecular weight excluding hydrogens is 546 g/mol. The number of amides is 1. The van der Waals surface area contributed by atoms with Crippen molar-refractivity contribution in [3.8, 4) is 16.9 Å². The summed E-state index contributed by atoms with van der Waals surface area (Å²) in [5.74, 6) is -0.337. The molecule has 1 atom stereocenters. The van der Waals surface area contributed by atoms with Crippen molar-refractivity contribution in [2.75, 3.05) is 31.4 Å². The highest BCUT2D eigenvalue weighted by Gasteiger charge is 2.26. The molecule has 0 bridgehead atoms. The van der Waals surface area contributed by atoms with Gasteiger partial charge in [0.2, 0.25) is 5.91 Å². The van der Waals surface area contributed by atoms with E-state index in [2.05, 4.69) is 10.6 Å². The fraction of sp³-hybridized carbons (Fsp3) is 0.355. The van der Waals surface area contributed by atoms with Crippen molar-refractivity contribution >= 4 is 41.0 Å². The number of halogens is 1. The monoisotopic (exact) mass is 581 g/mol. The third-order valence-electron chi connectivity index (χ3n) is 6.43. The predicted molar refractivity (Wildman–Crippen MR) is 161 cm³/mol. The first-order chi connectivity index (χ1) is 19.4. The molecule has 10 heteroatoms. The zero-order valence-electron chi connectivity index (χ0n) is 24.2. The van der Waals surface area contributed by atoms with E-state index >= 15 is 0 Å². The van der Waals surface area contributed by atoms with Crippen molar-refractivity contribution in [1.82, 2.24) is 4.57 Å². The zero-order chi connectivity index (χ0) is 30.3. The fourth-order valence-electron chi connectivity index (χ4n) is 4.45. The van der Waals surface area contributed by atoms with Gasteiger partial charge in [-0.1, -0.05) is 17.7 Å². The first-order valence-corrected chi connectivity index (χ1v) is 13.6. The molecule has 3 aromatic rings. The molecule has 1 heterocycles. The number of ketones is 1. The fourth-order valence-corrected chi connectivity index (χ4v) is 4.62. The number of carbonyl (C=O) groups excluding carboxylic acids is 3. The minimum Gasteiger partial charge on any atom is -0.495 e. The van der Waals surface area contributed by atoms with Crippen molar-refractivity contribution in [3.63, 3.8) is 0 Å². The molecule has 2 N–H and O–H groups in total. The summed E-state index contributed by atoms with van der Waals surface area (Å²) < 4.78 is 12.8. The number of hydrogen-bond donors (Lipinski definition) is 2. The van der Waals surface area contributed by atoms with Crippen LogP contribution in [-0.4, -0.2) is 48.9 Å². The maximum Gasteiger partial charge on any atom is 0.252 e. The molecule has 9 nitrogen and oxygen atoms in total. The molecule has 0 radical (unpaired) electrons. The van der Waals surface area contributed by atoms with E-state index in [1.165, 1.54) is 30.9 Å². The van der Waals surface area contributed by atoms with Crippen molar-refractivity contribution < 1.29 is 23.9 Å². The van der Waals surface area contributed by atoms with Gasteiger partial charge in [-0.25, -0.2) is 0 Å². The number of carbonyl (C=O) groups is 3. The van der Waals surface area contributed by atoms with Crippen LogP contribution in [0.1, 0.15) is 56.1 Å². The number of pyridine rings is 1. The average molecular weight is 582 g/mol. The summed E-state index contributed by atoms with van der Waals surface area (Å²) in [4.78, 5) is 50.6. The summed E-state index contributed by atoms with van der Waals surface area (Å²) in [6.45, 7) is 7.36. The van der Waals surface area contributed by atoms with Gasteiger partial charge < -0.3 is 24.9 Å². The summed E-state index contributed by atoms with van der Waals surface area (Å²) in [5, 5.41) is 6.32. The second-order valence-corrected chi connectivity index (χ2v) is 10.9. The van der Waals surface area contributed by atoms with Crippen LogP contribution in [0.25, 0.3) is 11.1 Å². The van der Waals surface area contributed by atoms with Gasteiger partial charge in [-0.05, 0) is 69.2 Å². The molecule has 1 aromatic heterocycles. The number of Topliss-reactive ketones (excluding diaryl/α,β-unsaturated/α-hetero) is 1. The molecule has 0 saturated carbocycles. The van der Waals surface area contributed by atoms with Crippen LogP contribution >= 0.6 is 11.6 Å². The lowest BCUT2D eigenvalue weighted by atomic mass is 9.97. The number of nitrogens with zero attached hydrogens (tertiary/aromatic N) is 1. The number of hydrogen-bond acceptors (Lipinski definition) is 7. The molecule has 0 fully saturated rings. The lowest BCUT2D eigenvalue weighted by Gasteiger charge is -2.24. The maximum absolute atomic E-state index is 13.7. The van der Waals surface area contributed by atoms with Crippen molar-refractivity contribution in [2.45, 2.75) is 52.2 Å². The number of methoxy groups -OCH3 is 1. The minimum atomic E-state index is -0.952. The Labute approximate surface area is 244 Å². The second-order valence-electron chi connectivity index (χ2n) is 10.5. The highest BCUT2D eigenvalue weighted by Crippen LogP contribution is 2.34. The Bertz CT molecular complexity index is 1490. The van der Waals surface area contributed by atoms with Crippen LogP contribution in [0.15, 0.2) is 53.5 Å². The number of nitrogens with one attached hydrogen (secondary N) is 2. The summed E-state index contributed by atoms with van der Waals surface area (Å²) in [7, 11) is 3.18. The average Bonchev–Trinajstić information content (AvgIpc) is 2.91. The summed E-state index contributed by atoms with van der Waals surface area (Å²) in [6, 6.07) is 10.4. The van der Waals surface area contributed by atoms with Crippen LogP contribution in [0.4, 0.5) is 11.4 Å². The van der Waals surface area contributed by atoms with E-state index in [0.717, 1.165) is 11.8 Å². The Morgan fingerprint density at radius 3 is 2.44 bits per heavy atom. The van der Waals surface area contributed by atoms with Gasteiger partial charge in [0.25, 0.3) is 5.56 Å². The van der Waals surface area contributed by atoms with Gasteiger partial charge >= 0.3 is 0 Å². The molecule has 1 unspecified atom stereocenters. The molecular formula is C31H36ClN3O6. The topological polar surface area (TPSA) is 116 Å². The van der Waals surface area contributed by atoms with Crippen molar-refractivity contribution in [2.24, 2.45) is 0 Å². The number of aldehydes is 1. The van der Waals surface area contributed by atoms with Crippen LogP contribution in [0, 0.1) is 0 Å². The second kappa shape index (κ2) is 13.6. The Balaban J connectivity index is 2.07. The third kappa shape index (κ3) is 8.05. The lowest BCUT2D eigenvalue weighted by Crippen LogP contribution is -2.34. The number of rotatable bonds is 12. The Hall–Kier alpha value is -3.95. The predicted octanol–water partition coefficient (Wildman–Crippen LogP) is 5.55. The summed E-state index contributed by atoms with van der Waals surface area (Å²) >= 11 is 6.23. The van der Waals surface area contributed by atoms with Gasteiger partial charge in [-0.2, -0.15) is 0 Å². The molecule has 0 aliphatic carbocycles. The Kier molecular flexibility index (Phi) is 10.5. The molecule has 2 aromatic carbocycles. The minimum absolute atomic E-state index is 0.195. The van der Waals surface area contributed by atoms with Gasteiger partial charge in [0.15, 0.2) is 5.78 Å². The summed E-state index contributed by atoms with van der Waals surface area (Å²) in [5.41, 5.74) is 2.30. The quantitative estimate of drug-likeness (QED) is 0.213. The van der Waals surface area contributed by atoms with Crippen LogP contribution in [0.2, 0.25) is 5.02 Å². The SMILES string of the molecule is CNc1cc(NC(=O)C(CCOC(C)(C)C)n2cc(OC)c(-c3cc(Cl)ccc3C(C)=O)cc2=O)ccc1CC=O. The highest BCUT2D eigenvalue weighted by atomic mass is 35.5. The van der Waals surface area contributed by atoms with E-state index in [-0.39, 0.29) is 25.2 Å². The van der Waals surface area contributed by atoms with Gasteiger partial charge in [-0.3, -0.25) is 19.0 Å². The third-order valence-corrected chi connectivity index (χ3v) is 6.66. The molecule has 0 aliphatic rings. The molecule has 0 saturated heterocycles. The number of benzene rings is 2. The maximum atomic E-state index is 13.7. The lowest BCUT2D eigenvalue weighted by molar-refractivity contribution is -0.120. The van der Waals surface area contributed by atoms with Gasteiger partial charge in [0.1, 0.15) is 18.1 Å². The van der Waals surface area contributed by atoms with E-state index in [4.69, 9.17) is 21.1 Å². The highest BCUT2D eigenvalue weighted by molar-refractivity contribution is 6.31. The number of aromatic nitrogens is 1. The Morgan fingerprint density at radius 2 is 1.83 bits per heavy atom. The van der Waals surface area contributed by atoms with Gasteiger partial charge in [0, 0.05) is 60.1 Å². The summed E-state index contributed by atoms with van der Waals surface area (Å²) in [6.07, 6.45) is 2.71. The number of anilines is 2. The van der Waals surface area contributed by atoms with Crippen LogP contribution < -0.4 is 20.9 Å². The van der Waals surface area contributed by atoms with Crippen molar-refractivity contribution in [1.29, 1.82) is 0 Å². The first kappa shape index (κ1) is 31.6. The molecule has 41 heavy (non-hydrogen) atoms. The van der Waals surface area contributed by atoms with Crippen LogP contribution in [-0.2, 0) is 20.7 Å². The molecule has 0 aliphatic heterocycles. The van der Waals surface area contributed by atoms with E-state index in [9.17, 15) is 19.2 Å². The van der Waals surface area contributed by atoms with E-state index in [0.29, 0.717) is 38.8 Å². The van der Waals surface area contributed by atoms with Gasteiger partial charge in [0.05, 0.1) is 18.9 Å². The van der Waals surface area contributed by atoms with E-state index in [1.807, 2.05) is 20.8 Å². The normalized spacial score (nSPS) is 12.0. The molecule has 0 spiro atoms. The Morgan fingerprint density at radius 1 is 1.10 bits per heavy atom. The standard InChI is InChI=1S/C31H36ClN3O6/c1-19(37)23-10-8-21(32)15-24(23)25-17-29(38)35(18-28(25)40-6)27(12-14-41-31(2,3)4)30(39)34-22-9-7-20(11-13-36)26(16-22)33-5/h7-10,13,15-18,27,33H,11-12,14H2,1-6H3,(H,34,39). The first-order valence-electron chi connectivity index (χ1n) is 13.2. The molecule has 218 valence electrons. The smallest absolute Gasteiger partial charge is 0.252 e. The van der Waals surface area contributed by atoms with Crippen LogP contribution in [0.3, 0.4) is 0 Å². The van der Waals surface area contributed by atoms with E-state index in [1.54, 1.807) is 43.4 Å². The molecule has 3 rings (SSSR count). The van der Waals surface area contributed by atoms with Crippen molar-refractivity contribution in [3.05, 3.63) is 75.2 Å².